The van der Waals surface area contributed by atoms with Gasteiger partial charge in [-0.2, -0.15) is 5.10 Å². The van der Waals surface area contributed by atoms with E-state index < -0.39 is 11.3 Å². The van der Waals surface area contributed by atoms with Gasteiger partial charge in [0.25, 0.3) is 11.8 Å². The van der Waals surface area contributed by atoms with Gasteiger partial charge in [-0.05, 0) is 42.3 Å². The summed E-state index contributed by atoms with van der Waals surface area (Å²) in [6.45, 7) is 0.478. The zero-order chi connectivity index (χ0) is 26.8. The Labute approximate surface area is 222 Å². The molecule has 0 radical (unpaired) electrons. The predicted molar refractivity (Wildman–Crippen MR) is 144 cm³/mol. The Bertz CT molecular complexity index is 1710. The number of hydrogen-bond acceptors (Lipinski definition) is 5. The van der Waals surface area contributed by atoms with Gasteiger partial charge in [0.2, 0.25) is 0 Å². The SMILES string of the molecule is Cn1c(C(=O)N2CCC3(C2)CC3(F)F)cc2ccc(-c3nccc(Nc4ccc(-c5cn[nH]c5)cc4)n3)cc21. The van der Waals surface area contributed by atoms with Crippen molar-refractivity contribution in [1.29, 1.82) is 0 Å². The van der Waals surface area contributed by atoms with Crippen molar-refractivity contribution in [2.24, 2.45) is 12.5 Å². The normalized spacial score (nSPS) is 19.6. The van der Waals surface area contributed by atoms with Crippen molar-refractivity contribution in [3.05, 3.63) is 78.9 Å². The van der Waals surface area contributed by atoms with Crippen molar-refractivity contribution < 1.29 is 13.6 Å². The number of halogens is 2. The Morgan fingerprint density at radius 2 is 1.85 bits per heavy atom. The smallest absolute Gasteiger partial charge is 0.270 e. The average molecular weight is 526 g/mol. The molecule has 2 N–H and O–H groups in total. The number of benzene rings is 2. The molecule has 3 aromatic heterocycles. The van der Waals surface area contributed by atoms with E-state index in [1.807, 2.05) is 66.3 Å². The van der Waals surface area contributed by atoms with Crippen molar-refractivity contribution in [2.45, 2.75) is 18.8 Å². The third kappa shape index (κ3) is 3.94. The van der Waals surface area contributed by atoms with Crippen molar-refractivity contribution >= 4 is 28.3 Å². The van der Waals surface area contributed by atoms with E-state index >= 15 is 0 Å². The highest BCUT2D eigenvalue weighted by molar-refractivity contribution is 5.99. The van der Waals surface area contributed by atoms with Gasteiger partial charge in [-0.1, -0.05) is 24.3 Å². The van der Waals surface area contributed by atoms with E-state index in [9.17, 15) is 13.6 Å². The van der Waals surface area contributed by atoms with Gasteiger partial charge in [-0.3, -0.25) is 9.89 Å². The van der Waals surface area contributed by atoms with Crippen molar-refractivity contribution in [2.75, 3.05) is 18.4 Å². The molecule has 1 unspecified atom stereocenters. The number of aromatic nitrogens is 5. The second kappa shape index (κ2) is 8.45. The number of anilines is 2. The molecule has 5 aromatic rings. The number of nitrogens with zero attached hydrogens (tertiary/aromatic N) is 5. The molecule has 2 aliphatic rings. The van der Waals surface area contributed by atoms with Gasteiger partial charge in [0, 0.05) is 66.7 Å². The highest BCUT2D eigenvalue weighted by atomic mass is 19.3. The minimum atomic E-state index is -2.65. The topological polar surface area (TPSA) is 91.7 Å². The van der Waals surface area contributed by atoms with E-state index in [2.05, 4.69) is 20.5 Å². The second-order valence-electron chi connectivity index (χ2n) is 10.5. The number of H-pyrrole nitrogens is 1. The molecule has 4 heterocycles. The van der Waals surface area contributed by atoms with Crippen LogP contribution in [0.25, 0.3) is 33.4 Å². The van der Waals surface area contributed by atoms with E-state index in [-0.39, 0.29) is 18.9 Å². The molecule has 0 bridgehead atoms. The third-order valence-electron chi connectivity index (χ3n) is 8.02. The summed E-state index contributed by atoms with van der Waals surface area (Å²) in [6.07, 6.45) is 5.56. The summed E-state index contributed by atoms with van der Waals surface area (Å²) in [5.74, 6) is -1.67. The van der Waals surface area contributed by atoms with E-state index in [1.165, 1.54) is 0 Å². The van der Waals surface area contributed by atoms with Gasteiger partial charge < -0.3 is 14.8 Å². The Kier molecular flexibility index (Phi) is 5.10. The number of aromatic amines is 1. The fourth-order valence-electron chi connectivity index (χ4n) is 5.58. The van der Waals surface area contributed by atoms with Crippen LogP contribution in [0, 0.1) is 5.41 Å². The summed E-state index contributed by atoms with van der Waals surface area (Å²) in [5.41, 5.74) is 4.08. The van der Waals surface area contributed by atoms with Gasteiger partial charge in [-0.25, -0.2) is 18.7 Å². The number of hydrogen-bond donors (Lipinski definition) is 2. The number of carbonyl (C=O) groups is 1. The van der Waals surface area contributed by atoms with E-state index in [1.54, 1.807) is 23.4 Å². The van der Waals surface area contributed by atoms with Crippen LogP contribution in [0.5, 0.6) is 0 Å². The Balaban J connectivity index is 1.12. The zero-order valence-electron chi connectivity index (χ0n) is 21.2. The lowest BCUT2D eigenvalue weighted by Crippen LogP contribution is -2.31. The van der Waals surface area contributed by atoms with Gasteiger partial charge in [0.1, 0.15) is 11.5 Å². The highest BCUT2D eigenvalue weighted by Gasteiger charge is 2.73. The molecule has 2 aromatic carbocycles. The molecule has 2 fully saturated rings. The van der Waals surface area contributed by atoms with Crippen LogP contribution in [0.4, 0.5) is 20.3 Å². The molecular formula is C29H25F2N7O. The van der Waals surface area contributed by atoms with E-state index in [0.717, 1.165) is 33.3 Å². The standard InChI is InChI=1S/C29H25F2N7O/c1-37-23-13-20(3-2-19(23)12-24(37)27(39)38-11-9-28(17-38)16-29(28,30)31)26-32-10-8-25(36-26)35-22-6-4-18(5-7-22)21-14-33-34-15-21/h2-8,10,12-15H,9,11,16-17H2,1H3,(H,33,34)(H,32,35,36). The number of fused-ring (bicyclic) bond motifs is 1. The first-order valence-electron chi connectivity index (χ1n) is 12.8. The van der Waals surface area contributed by atoms with Crippen LogP contribution in [0.3, 0.4) is 0 Å². The monoisotopic (exact) mass is 525 g/mol. The largest absolute Gasteiger partial charge is 0.340 e. The number of alkyl halides is 2. The zero-order valence-corrected chi connectivity index (χ0v) is 21.2. The van der Waals surface area contributed by atoms with Crippen LogP contribution in [0.15, 0.2) is 73.2 Å². The number of amides is 1. The van der Waals surface area contributed by atoms with Gasteiger partial charge in [-0.15, -0.1) is 0 Å². The van der Waals surface area contributed by atoms with E-state index in [4.69, 9.17) is 4.98 Å². The average Bonchev–Trinajstić information content (AvgIpc) is 3.47. The first-order chi connectivity index (χ1) is 18.8. The molecule has 10 heteroatoms. The van der Waals surface area contributed by atoms with Crippen LogP contribution in [0.1, 0.15) is 23.3 Å². The van der Waals surface area contributed by atoms with Gasteiger partial charge >= 0.3 is 0 Å². The lowest BCUT2D eigenvalue weighted by atomic mass is 10.1. The molecule has 196 valence electrons. The molecule has 39 heavy (non-hydrogen) atoms. The maximum atomic E-state index is 13.8. The fourth-order valence-corrected chi connectivity index (χ4v) is 5.58. The lowest BCUT2D eigenvalue weighted by Gasteiger charge is -2.17. The quantitative estimate of drug-likeness (QED) is 0.310. The summed E-state index contributed by atoms with van der Waals surface area (Å²) in [5, 5.41) is 11.0. The van der Waals surface area contributed by atoms with Crippen LogP contribution >= 0.6 is 0 Å². The number of nitrogens with one attached hydrogen (secondary N) is 2. The van der Waals surface area contributed by atoms with Crippen molar-refractivity contribution in [3.63, 3.8) is 0 Å². The van der Waals surface area contributed by atoms with Crippen LogP contribution < -0.4 is 5.32 Å². The summed E-state index contributed by atoms with van der Waals surface area (Å²) in [4.78, 5) is 24.0. The maximum Gasteiger partial charge on any atom is 0.270 e. The Morgan fingerprint density at radius 3 is 2.56 bits per heavy atom. The summed E-state index contributed by atoms with van der Waals surface area (Å²) in [6, 6.07) is 17.4. The van der Waals surface area contributed by atoms with Crippen molar-refractivity contribution in [3.8, 4) is 22.5 Å². The summed E-state index contributed by atoms with van der Waals surface area (Å²) in [7, 11) is 1.82. The first-order valence-corrected chi connectivity index (χ1v) is 12.8. The molecule has 7 rings (SSSR count). The minimum Gasteiger partial charge on any atom is -0.340 e. The molecule has 1 aliphatic heterocycles. The van der Waals surface area contributed by atoms with Crippen LogP contribution in [-0.2, 0) is 7.05 Å². The van der Waals surface area contributed by atoms with Crippen LogP contribution in [-0.4, -0.2) is 54.6 Å². The maximum absolute atomic E-state index is 13.8. The molecule has 1 spiro atoms. The molecule has 1 aliphatic carbocycles. The van der Waals surface area contributed by atoms with E-state index in [0.29, 0.717) is 30.3 Å². The number of rotatable bonds is 5. The summed E-state index contributed by atoms with van der Waals surface area (Å²) < 4.78 is 29.5. The lowest BCUT2D eigenvalue weighted by molar-refractivity contribution is 0.0615. The predicted octanol–water partition coefficient (Wildman–Crippen LogP) is 5.64. The van der Waals surface area contributed by atoms with Crippen molar-refractivity contribution in [1.82, 2.24) is 29.6 Å². The molecule has 1 atom stereocenters. The van der Waals surface area contributed by atoms with Crippen LogP contribution in [0.2, 0.25) is 0 Å². The van der Waals surface area contributed by atoms with Gasteiger partial charge in [0.05, 0.1) is 11.6 Å². The molecular weight excluding hydrogens is 500 g/mol. The Hall–Kier alpha value is -4.60. The number of aryl methyl sites for hydroxylation is 1. The number of likely N-dealkylation sites (tertiary alicyclic amines) is 1. The van der Waals surface area contributed by atoms with Gasteiger partial charge in [0.15, 0.2) is 5.82 Å². The molecule has 1 amide bonds. The summed E-state index contributed by atoms with van der Waals surface area (Å²) >= 11 is 0. The first kappa shape index (κ1) is 23.5. The number of carbonyl (C=O) groups excluding carboxylic acids is 1. The highest BCUT2D eigenvalue weighted by Crippen LogP contribution is 2.65. The molecule has 8 nitrogen and oxygen atoms in total. The Morgan fingerprint density at radius 1 is 1.05 bits per heavy atom. The molecule has 1 saturated carbocycles. The second-order valence-corrected chi connectivity index (χ2v) is 10.5. The fraction of sp³-hybridized carbons (Fsp3) is 0.241. The minimum absolute atomic E-state index is 0.116. The molecule has 1 saturated heterocycles. The third-order valence-corrected chi connectivity index (χ3v) is 8.02.